The molecule has 0 spiro atoms. The van der Waals surface area contributed by atoms with Gasteiger partial charge in [-0.15, -0.1) is 0 Å². The molecule has 1 heterocycles. The zero-order valence-corrected chi connectivity index (χ0v) is 12.6. The van der Waals surface area contributed by atoms with Crippen LogP contribution in [0.4, 0.5) is 0 Å². The second-order valence-corrected chi connectivity index (χ2v) is 6.46. The molecular formula is C16H30N2. The van der Waals surface area contributed by atoms with Gasteiger partial charge in [0.2, 0.25) is 0 Å². The minimum atomic E-state index is 0.232. The van der Waals surface area contributed by atoms with Gasteiger partial charge < -0.3 is 10.6 Å². The average molecular weight is 250 g/mol. The summed E-state index contributed by atoms with van der Waals surface area (Å²) in [5.74, 6) is 0.674. The van der Waals surface area contributed by atoms with E-state index in [9.17, 15) is 0 Å². The Morgan fingerprint density at radius 1 is 1.28 bits per heavy atom. The maximum atomic E-state index is 4.30. The lowest BCUT2D eigenvalue weighted by Crippen LogP contribution is -2.42. The summed E-state index contributed by atoms with van der Waals surface area (Å²) >= 11 is 0. The summed E-state index contributed by atoms with van der Waals surface area (Å²) in [5.41, 5.74) is 2.63. The van der Waals surface area contributed by atoms with Gasteiger partial charge in [-0.2, -0.15) is 0 Å². The van der Waals surface area contributed by atoms with Crippen molar-refractivity contribution in [3.05, 3.63) is 24.4 Å². The van der Waals surface area contributed by atoms with Gasteiger partial charge >= 0.3 is 0 Å². The highest BCUT2D eigenvalue weighted by molar-refractivity contribution is 5.14. The van der Waals surface area contributed by atoms with E-state index >= 15 is 0 Å². The molecule has 2 heteroatoms. The van der Waals surface area contributed by atoms with Crippen LogP contribution in [0.25, 0.3) is 0 Å². The fourth-order valence-corrected chi connectivity index (χ4v) is 2.52. The zero-order chi connectivity index (χ0) is 13.8. The van der Waals surface area contributed by atoms with E-state index < -0.39 is 0 Å². The quantitative estimate of drug-likeness (QED) is 0.705. The lowest BCUT2D eigenvalue weighted by molar-refractivity contribution is 0.261. The van der Waals surface area contributed by atoms with Crippen LogP contribution in [0.15, 0.2) is 24.4 Å². The predicted molar refractivity (Wildman–Crippen MR) is 80.5 cm³/mol. The molecule has 104 valence electrons. The minimum Gasteiger partial charge on any atom is -0.382 e. The number of hydrogen-bond donors (Lipinski definition) is 2. The molecule has 1 aliphatic rings. The Kier molecular flexibility index (Phi) is 5.46. The van der Waals surface area contributed by atoms with Gasteiger partial charge in [0.05, 0.1) is 0 Å². The summed E-state index contributed by atoms with van der Waals surface area (Å²) in [6.45, 7) is 19.6. The van der Waals surface area contributed by atoms with Crippen molar-refractivity contribution in [3.8, 4) is 0 Å². The van der Waals surface area contributed by atoms with Crippen molar-refractivity contribution in [2.75, 3.05) is 13.1 Å². The molecule has 0 aromatic rings. The highest BCUT2D eigenvalue weighted by Crippen LogP contribution is 2.34. The first-order valence-electron chi connectivity index (χ1n) is 7.17. The molecule has 2 N–H and O–H groups in total. The SMILES string of the molecule is C=C(C)C(CC(C)C)NC(=C)C1(C)CCNCC1. The third-order valence-electron chi connectivity index (χ3n) is 4.09. The Morgan fingerprint density at radius 3 is 2.28 bits per heavy atom. The first-order chi connectivity index (χ1) is 8.35. The Hall–Kier alpha value is -0.760. The van der Waals surface area contributed by atoms with Gasteiger partial charge in [-0.05, 0) is 45.2 Å². The van der Waals surface area contributed by atoms with Crippen LogP contribution in [-0.2, 0) is 0 Å². The topological polar surface area (TPSA) is 24.1 Å². The molecule has 0 aliphatic carbocycles. The van der Waals surface area contributed by atoms with Crippen molar-refractivity contribution in [1.82, 2.24) is 10.6 Å². The Labute approximate surface area is 113 Å². The van der Waals surface area contributed by atoms with E-state index in [4.69, 9.17) is 0 Å². The molecule has 0 bridgehead atoms. The summed E-state index contributed by atoms with van der Waals surface area (Å²) in [4.78, 5) is 0. The third-order valence-corrected chi connectivity index (χ3v) is 4.09. The second-order valence-electron chi connectivity index (χ2n) is 6.46. The molecule has 0 aromatic carbocycles. The summed E-state index contributed by atoms with van der Waals surface area (Å²) in [6.07, 6.45) is 3.47. The number of rotatable bonds is 6. The summed E-state index contributed by atoms with van der Waals surface area (Å²) < 4.78 is 0. The van der Waals surface area contributed by atoms with Gasteiger partial charge in [0.15, 0.2) is 0 Å². The molecule has 2 nitrogen and oxygen atoms in total. The number of hydrogen-bond acceptors (Lipinski definition) is 2. The van der Waals surface area contributed by atoms with E-state index in [1.54, 1.807) is 0 Å². The van der Waals surface area contributed by atoms with Crippen LogP contribution >= 0.6 is 0 Å². The molecule has 1 aliphatic heterocycles. The van der Waals surface area contributed by atoms with Gasteiger partial charge in [0.25, 0.3) is 0 Å². The number of piperidine rings is 1. The fraction of sp³-hybridized carbons (Fsp3) is 0.750. The van der Waals surface area contributed by atoms with Crippen molar-refractivity contribution < 1.29 is 0 Å². The van der Waals surface area contributed by atoms with Gasteiger partial charge in [0.1, 0.15) is 0 Å². The van der Waals surface area contributed by atoms with Crippen LogP contribution in [0.1, 0.15) is 47.0 Å². The molecule has 1 unspecified atom stereocenters. The molecule has 1 rings (SSSR count). The highest BCUT2D eigenvalue weighted by Gasteiger charge is 2.30. The van der Waals surface area contributed by atoms with E-state index in [0.717, 1.165) is 19.5 Å². The van der Waals surface area contributed by atoms with E-state index in [2.05, 4.69) is 51.5 Å². The van der Waals surface area contributed by atoms with Crippen LogP contribution in [0, 0.1) is 11.3 Å². The predicted octanol–water partition coefficient (Wildman–Crippen LogP) is 3.47. The summed E-state index contributed by atoms with van der Waals surface area (Å²) in [5, 5.41) is 7.05. The maximum Gasteiger partial charge on any atom is 0.0467 e. The Balaban J connectivity index is 2.62. The lowest BCUT2D eigenvalue weighted by Gasteiger charge is -2.38. The molecule has 0 radical (unpaired) electrons. The highest BCUT2D eigenvalue weighted by atomic mass is 15.0. The monoisotopic (exact) mass is 250 g/mol. The molecule has 0 saturated carbocycles. The standard InChI is InChI=1S/C16H30N2/c1-12(2)11-15(13(3)4)18-14(5)16(6)7-9-17-10-8-16/h12,15,17-18H,3,5,7-11H2,1-2,4,6H3. The van der Waals surface area contributed by atoms with Gasteiger partial charge in [-0.3, -0.25) is 0 Å². The van der Waals surface area contributed by atoms with Gasteiger partial charge in [-0.25, -0.2) is 0 Å². The van der Waals surface area contributed by atoms with Crippen LogP contribution < -0.4 is 10.6 Å². The first kappa shape index (κ1) is 15.3. The molecule has 18 heavy (non-hydrogen) atoms. The average Bonchev–Trinajstić information content (AvgIpc) is 2.28. The summed E-state index contributed by atoms with van der Waals surface area (Å²) in [7, 11) is 0. The Morgan fingerprint density at radius 2 is 1.83 bits per heavy atom. The number of nitrogens with one attached hydrogen (secondary N) is 2. The van der Waals surface area contributed by atoms with Crippen LogP contribution in [-0.4, -0.2) is 19.1 Å². The maximum absolute atomic E-state index is 4.30. The molecule has 1 saturated heterocycles. The smallest absolute Gasteiger partial charge is 0.0467 e. The van der Waals surface area contributed by atoms with Crippen LogP contribution in [0.2, 0.25) is 0 Å². The van der Waals surface area contributed by atoms with E-state index in [-0.39, 0.29) is 5.41 Å². The minimum absolute atomic E-state index is 0.232. The normalized spacial score (nSPS) is 20.5. The Bertz CT molecular complexity index is 298. The second kappa shape index (κ2) is 6.42. The largest absolute Gasteiger partial charge is 0.382 e. The van der Waals surface area contributed by atoms with Crippen molar-refractivity contribution in [3.63, 3.8) is 0 Å². The molecular weight excluding hydrogens is 220 g/mol. The van der Waals surface area contributed by atoms with Crippen molar-refractivity contribution in [1.29, 1.82) is 0 Å². The molecule has 1 atom stereocenters. The van der Waals surface area contributed by atoms with Crippen molar-refractivity contribution >= 4 is 0 Å². The summed E-state index contributed by atoms with van der Waals surface area (Å²) in [6, 6.07) is 0.365. The molecule has 1 fully saturated rings. The fourth-order valence-electron chi connectivity index (χ4n) is 2.52. The molecule has 0 amide bonds. The van der Waals surface area contributed by atoms with E-state index in [1.807, 2.05) is 0 Å². The van der Waals surface area contributed by atoms with Gasteiger partial charge in [0, 0.05) is 17.2 Å². The third kappa shape index (κ3) is 4.16. The van der Waals surface area contributed by atoms with Crippen LogP contribution in [0.3, 0.4) is 0 Å². The lowest BCUT2D eigenvalue weighted by atomic mass is 9.78. The van der Waals surface area contributed by atoms with Crippen molar-refractivity contribution in [2.45, 2.75) is 53.0 Å². The van der Waals surface area contributed by atoms with Crippen LogP contribution in [0.5, 0.6) is 0 Å². The van der Waals surface area contributed by atoms with E-state index in [0.29, 0.717) is 12.0 Å². The first-order valence-corrected chi connectivity index (χ1v) is 7.17. The zero-order valence-electron chi connectivity index (χ0n) is 12.6. The number of allylic oxidation sites excluding steroid dienone is 1. The molecule has 0 aromatic heterocycles. The van der Waals surface area contributed by atoms with Gasteiger partial charge in [-0.1, -0.05) is 39.5 Å². The van der Waals surface area contributed by atoms with Crippen molar-refractivity contribution in [2.24, 2.45) is 11.3 Å². The van der Waals surface area contributed by atoms with E-state index in [1.165, 1.54) is 24.1 Å².